The number of ether oxygens (including phenoxy) is 1. The van der Waals surface area contributed by atoms with Crippen molar-refractivity contribution >= 4 is 27.5 Å². The number of nitrogens with zero attached hydrogens (tertiary/aromatic N) is 4. The number of carbonyl (C=O) groups excluding carboxylic acids is 1. The van der Waals surface area contributed by atoms with Crippen molar-refractivity contribution in [2.75, 3.05) is 13.1 Å². The summed E-state index contributed by atoms with van der Waals surface area (Å²) in [5.41, 5.74) is -0.461. The minimum Gasteiger partial charge on any atom is -0.444 e. The van der Waals surface area contributed by atoms with Crippen LogP contribution in [0.25, 0.3) is 20.9 Å². The largest absolute Gasteiger partial charge is 0.444 e. The molecule has 28 heavy (non-hydrogen) atoms. The minimum atomic E-state index is -0.461. The van der Waals surface area contributed by atoms with Crippen LogP contribution in [-0.2, 0) is 11.2 Å². The van der Waals surface area contributed by atoms with Gasteiger partial charge >= 0.3 is 6.09 Å². The van der Waals surface area contributed by atoms with Gasteiger partial charge < -0.3 is 14.2 Å². The quantitative estimate of drug-likeness (QED) is 0.642. The number of carbonyl (C=O) groups is 1. The highest BCUT2D eigenvalue weighted by Gasteiger charge is 2.27. The number of amides is 1. The standard InChI is InChI=1S/C20H24N4O3S/c1-20(2,3)26-19(25)24-8-5-13(6-9-24)10-17-22-18(27-23-17)15-11-14-4-7-21-12-16(14)28-15/h4,7,11-13H,5-6,8-10H2,1-3H3. The second kappa shape index (κ2) is 7.50. The molecule has 1 fully saturated rings. The third-order valence-corrected chi connectivity index (χ3v) is 5.81. The maximum Gasteiger partial charge on any atom is 0.410 e. The molecule has 0 aromatic carbocycles. The van der Waals surface area contributed by atoms with Gasteiger partial charge in [0.1, 0.15) is 5.60 Å². The Morgan fingerprint density at radius 3 is 2.86 bits per heavy atom. The van der Waals surface area contributed by atoms with Gasteiger partial charge in [-0.25, -0.2) is 4.79 Å². The van der Waals surface area contributed by atoms with E-state index in [0.717, 1.165) is 40.1 Å². The fraction of sp³-hybridized carbons (Fsp3) is 0.500. The minimum absolute atomic E-state index is 0.230. The fourth-order valence-electron chi connectivity index (χ4n) is 3.33. The molecule has 0 saturated carbocycles. The number of thiophene rings is 1. The molecule has 4 rings (SSSR count). The average molecular weight is 401 g/mol. The first-order valence-corrected chi connectivity index (χ1v) is 10.3. The van der Waals surface area contributed by atoms with E-state index in [2.05, 4.69) is 21.2 Å². The van der Waals surface area contributed by atoms with Crippen LogP contribution in [0.2, 0.25) is 0 Å². The Balaban J connectivity index is 1.34. The van der Waals surface area contributed by atoms with Crippen LogP contribution in [0.4, 0.5) is 4.79 Å². The van der Waals surface area contributed by atoms with E-state index in [-0.39, 0.29) is 6.09 Å². The van der Waals surface area contributed by atoms with Crippen molar-refractivity contribution in [2.45, 2.75) is 45.6 Å². The summed E-state index contributed by atoms with van der Waals surface area (Å²) in [6.07, 6.45) is 5.99. The summed E-state index contributed by atoms with van der Waals surface area (Å²) in [5.74, 6) is 1.72. The molecule has 1 amide bonds. The highest BCUT2D eigenvalue weighted by molar-refractivity contribution is 7.22. The number of fused-ring (bicyclic) bond motifs is 1. The summed E-state index contributed by atoms with van der Waals surface area (Å²) < 4.78 is 12.0. The predicted molar refractivity (Wildman–Crippen MR) is 107 cm³/mol. The summed E-state index contributed by atoms with van der Waals surface area (Å²) in [7, 11) is 0. The SMILES string of the molecule is CC(C)(C)OC(=O)N1CCC(Cc2noc(-c3cc4ccncc4s3)n2)CC1. The maximum atomic E-state index is 12.2. The molecule has 0 aliphatic carbocycles. The molecule has 148 valence electrons. The molecule has 0 N–H and O–H groups in total. The molecular weight excluding hydrogens is 376 g/mol. The van der Waals surface area contributed by atoms with E-state index in [9.17, 15) is 4.79 Å². The number of likely N-dealkylation sites (tertiary alicyclic amines) is 1. The van der Waals surface area contributed by atoms with Crippen LogP contribution < -0.4 is 0 Å². The van der Waals surface area contributed by atoms with Gasteiger partial charge in [-0.3, -0.25) is 4.98 Å². The number of aromatic nitrogens is 3. The highest BCUT2D eigenvalue weighted by Crippen LogP contribution is 2.32. The van der Waals surface area contributed by atoms with Gasteiger partial charge in [0, 0.05) is 31.9 Å². The Bertz CT molecular complexity index is 934. The molecule has 1 saturated heterocycles. The summed E-state index contributed by atoms with van der Waals surface area (Å²) in [5, 5.41) is 5.29. The van der Waals surface area contributed by atoms with Crippen molar-refractivity contribution in [1.29, 1.82) is 0 Å². The Morgan fingerprint density at radius 1 is 1.36 bits per heavy atom. The molecule has 8 heteroatoms. The molecule has 1 aliphatic rings. The topological polar surface area (TPSA) is 81.4 Å². The second-order valence-electron chi connectivity index (χ2n) is 8.15. The molecule has 0 radical (unpaired) electrons. The zero-order valence-corrected chi connectivity index (χ0v) is 17.2. The van der Waals surface area contributed by atoms with E-state index in [4.69, 9.17) is 9.26 Å². The summed E-state index contributed by atoms with van der Waals surface area (Å²) in [6.45, 7) is 7.07. The third kappa shape index (κ3) is 4.32. The third-order valence-electron chi connectivity index (χ3n) is 4.74. The fourth-order valence-corrected chi connectivity index (χ4v) is 4.28. The van der Waals surface area contributed by atoms with Crippen LogP contribution in [0.5, 0.6) is 0 Å². The van der Waals surface area contributed by atoms with Crippen molar-refractivity contribution < 1.29 is 14.1 Å². The van der Waals surface area contributed by atoms with Crippen LogP contribution >= 0.6 is 11.3 Å². The number of hydrogen-bond donors (Lipinski definition) is 0. The summed E-state index contributed by atoms with van der Waals surface area (Å²) >= 11 is 1.60. The van der Waals surface area contributed by atoms with Crippen molar-refractivity contribution in [1.82, 2.24) is 20.0 Å². The van der Waals surface area contributed by atoms with E-state index in [0.29, 0.717) is 24.9 Å². The van der Waals surface area contributed by atoms with Gasteiger partial charge in [0.15, 0.2) is 5.82 Å². The van der Waals surface area contributed by atoms with Crippen LogP contribution in [0.15, 0.2) is 29.0 Å². The lowest BCUT2D eigenvalue weighted by molar-refractivity contribution is 0.0183. The van der Waals surface area contributed by atoms with Gasteiger partial charge in [0.05, 0.1) is 9.58 Å². The lowest BCUT2D eigenvalue weighted by atomic mass is 9.93. The summed E-state index contributed by atoms with van der Waals surface area (Å²) in [6, 6.07) is 4.03. The zero-order valence-electron chi connectivity index (χ0n) is 16.3. The van der Waals surface area contributed by atoms with Gasteiger partial charge in [-0.05, 0) is 57.0 Å². The number of pyridine rings is 1. The normalized spacial score (nSPS) is 15.9. The first kappa shape index (κ1) is 18.9. The smallest absolute Gasteiger partial charge is 0.410 e. The van der Waals surface area contributed by atoms with Gasteiger partial charge in [-0.1, -0.05) is 5.16 Å². The molecule has 1 aliphatic heterocycles. The van der Waals surface area contributed by atoms with E-state index in [1.807, 2.05) is 33.0 Å². The van der Waals surface area contributed by atoms with E-state index in [1.165, 1.54) is 0 Å². The van der Waals surface area contributed by atoms with Gasteiger partial charge in [0.2, 0.25) is 0 Å². The molecule has 0 bridgehead atoms. The van der Waals surface area contributed by atoms with Crippen LogP contribution in [-0.4, -0.2) is 44.8 Å². The van der Waals surface area contributed by atoms with Gasteiger partial charge in [-0.2, -0.15) is 4.98 Å². The van der Waals surface area contributed by atoms with Crippen molar-refractivity contribution in [3.05, 3.63) is 30.4 Å². The van der Waals surface area contributed by atoms with Crippen molar-refractivity contribution in [2.24, 2.45) is 5.92 Å². The Morgan fingerprint density at radius 2 is 2.14 bits per heavy atom. The molecule has 7 nitrogen and oxygen atoms in total. The number of piperidine rings is 1. The highest BCUT2D eigenvalue weighted by atomic mass is 32.1. The average Bonchev–Trinajstić information content (AvgIpc) is 3.27. The molecule has 0 atom stereocenters. The van der Waals surface area contributed by atoms with Crippen LogP contribution in [0.3, 0.4) is 0 Å². The monoisotopic (exact) mass is 400 g/mol. The molecule has 0 unspecified atom stereocenters. The van der Waals surface area contributed by atoms with Crippen molar-refractivity contribution in [3.63, 3.8) is 0 Å². The molecule has 3 aromatic rings. The second-order valence-corrected chi connectivity index (χ2v) is 9.24. The Labute approximate surface area is 167 Å². The lowest BCUT2D eigenvalue weighted by Crippen LogP contribution is -2.42. The predicted octanol–water partition coefficient (Wildman–Crippen LogP) is 4.54. The summed E-state index contributed by atoms with van der Waals surface area (Å²) in [4.78, 5) is 23.6. The van der Waals surface area contributed by atoms with E-state index in [1.54, 1.807) is 22.4 Å². The number of hydrogen-bond acceptors (Lipinski definition) is 7. The van der Waals surface area contributed by atoms with E-state index >= 15 is 0 Å². The molecular formula is C20H24N4O3S. The van der Waals surface area contributed by atoms with E-state index < -0.39 is 5.60 Å². The zero-order chi connectivity index (χ0) is 19.7. The first-order chi connectivity index (χ1) is 13.4. The Hall–Kier alpha value is -2.48. The van der Waals surface area contributed by atoms with Crippen LogP contribution in [0, 0.1) is 5.92 Å². The van der Waals surface area contributed by atoms with Gasteiger partial charge in [0.25, 0.3) is 5.89 Å². The Kier molecular flexibility index (Phi) is 5.05. The lowest BCUT2D eigenvalue weighted by Gasteiger charge is -2.33. The van der Waals surface area contributed by atoms with Gasteiger partial charge in [-0.15, -0.1) is 11.3 Å². The first-order valence-electron chi connectivity index (χ1n) is 9.52. The molecule has 0 spiro atoms. The van der Waals surface area contributed by atoms with Crippen LogP contribution in [0.1, 0.15) is 39.4 Å². The molecule has 4 heterocycles. The maximum absolute atomic E-state index is 12.2. The van der Waals surface area contributed by atoms with Crippen molar-refractivity contribution in [3.8, 4) is 10.8 Å². The number of rotatable bonds is 3. The molecule has 3 aromatic heterocycles.